The molecule has 142 valence electrons. The van der Waals surface area contributed by atoms with E-state index < -0.39 is 6.36 Å². The number of fused-ring (bicyclic) bond motifs is 1. The van der Waals surface area contributed by atoms with Crippen molar-refractivity contribution in [3.05, 3.63) is 72.9 Å². The van der Waals surface area contributed by atoms with Crippen molar-refractivity contribution >= 4 is 11.5 Å². The summed E-state index contributed by atoms with van der Waals surface area (Å²) in [5, 5.41) is 3.22. The van der Waals surface area contributed by atoms with Gasteiger partial charge in [0.1, 0.15) is 5.75 Å². The third kappa shape index (κ3) is 3.88. The number of benzene rings is 1. The minimum Gasteiger partial charge on any atom is -0.406 e. The number of anilines is 1. The largest absolute Gasteiger partial charge is 0.573 e. The highest BCUT2D eigenvalue weighted by Crippen LogP contribution is 2.28. The Labute approximate surface area is 157 Å². The van der Waals surface area contributed by atoms with E-state index in [9.17, 15) is 13.2 Å². The first-order valence-corrected chi connectivity index (χ1v) is 8.31. The van der Waals surface area contributed by atoms with Crippen LogP contribution in [0, 0.1) is 0 Å². The molecule has 3 heterocycles. The maximum absolute atomic E-state index is 12.3. The van der Waals surface area contributed by atoms with Crippen LogP contribution in [0.4, 0.5) is 19.0 Å². The molecule has 0 aliphatic heterocycles. The van der Waals surface area contributed by atoms with Gasteiger partial charge in [-0.3, -0.25) is 9.38 Å². The summed E-state index contributed by atoms with van der Waals surface area (Å²) in [6.07, 6.45) is 3.78. The smallest absolute Gasteiger partial charge is 0.406 e. The molecule has 28 heavy (non-hydrogen) atoms. The summed E-state index contributed by atoms with van der Waals surface area (Å²) >= 11 is 0. The number of rotatable bonds is 5. The van der Waals surface area contributed by atoms with Crippen LogP contribution in [0.15, 0.2) is 67.4 Å². The van der Waals surface area contributed by atoms with Gasteiger partial charge in [0.25, 0.3) is 0 Å². The van der Waals surface area contributed by atoms with Crippen molar-refractivity contribution in [1.29, 1.82) is 0 Å². The van der Waals surface area contributed by atoms with Crippen molar-refractivity contribution in [3.63, 3.8) is 0 Å². The summed E-state index contributed by atoms with van der Waals surface area (Å²) in [7, 11) is 0. The zero-order valence-corrected chi connectivity index (χ0v) is 14.4. The number of hydrogen-bond acceptors (Lipinski definition) is 5. The molecule has 0 amide bonds. The van der Waals surface area contributed by atoms with Crippen LogP contribution in [0.2, 0.25) is 0 Å². The van der Waals surface area contributed by atoms with E-state index >= 15 is 0 Å². The van der Waals surface area contributed by atoms with E-state index in [2.05, 4.69) is 25.0 Å². The van der Waals surface area contributed by atoms with Gasteiger partial charge >= 0.3 is 6.36 Å². The standard InChI is InChI=1S/C19H14F3N5O/c20-19(21,22)28-15-5-3-14(4-6-15)16-12-26-17(18-24-8-9-27(16)18)25-11-13-2-1-7-23-10-13/h1-10,12H,11H2,(H,25,26). The lowest BCUT2D eigenvalue weighted by Crippen LogP contribution is -2.16. The predicted molar refractivity (Wildman–Crippen MR) is 96.7 cm³/mol. The molecule has 3 aromatic heterocycles. The highest BCUT2D eigenvalue weighted by Gasteiger charge is 2.31. The number of alkyl halides is 3. The van der Waals surface area contributed by atoms with Crippen molar-refractivity contribution in [2.45, 2.75) is 12.9 Å². The zero-order valence-electron chi connectivity index (χ0n) is 14.4. The van der Waals surface area contributed by atoms with Crippen LogP contribution in [-0.2, 0) is 6.54 Å². The van der Waals surface area contributed by atoms with Crippen LogP contribution in [0.1, 0.15) is 5.56 Å². The SMILES string of the molecule is FC(F)(F)Oc1ccc(-c2cnc(NCc3cccnc3)c3nccn23)cc1. The highest BCUT2D eigenvalue weighted by molar-refractivity contribution is 5.70. The van der Waals surface area contributed by atoms with Gasteiger partial charge < -0.3 is 10.1 Å². The van der Waals surface area contributed by atoms with E-state index in [1.165, 1.54) is 12.1 Å². The maximum Gasteiger partial charge on any atom is 0.573 e. The van der Waals surface area contributed by atoms with Crippen LogP contribution in [0.5, 0.6) is 5.75 Å². The average Bonchev–Trinajstić information content (AvgIpc) is 3.17. The summed E-state index contributed by atoms with van der Waals surface area (Å²) < 4.78 is 42.7. The van der Waals surface area contributed by atoms with Crippen molar-refractivity contribution < 1.29 is 17.9 Å². The fourth-order valence-electron chi connectivity index (χ4n) is 2.77. The van der Waals surface area contributed by atoms with Gasteiger partial charge in [-0.2, -0.15) is 0 Å². The van der Waals surface area contributed by atoms with Crippen molar-refractivity contribution in [1.82, 2.24) is 19.4 Å². The number of halogens is 3. The number of nitrogens with zero attached hydrogens (tertiary/aromatic N) is 4. The second kappa shape index (κ2) is 7.18. The van der Waals surface area contributed by atoms with E-state index in [0.29, 0.717) is 29.3 Å². The Bertz CT molecular complexity index is 1080. The second-order valence-corrected chi connectivity index (χ2v) is 5.90. The Hall–Kier alpha value is -3.62. The lowest BCUT2D eigenvalue weighted by molar-refractivity contribution is -0.274. The molecular weight excluding hydrogens is 371 g/mol. The summed E-state index contributed by atoms with van der Waals surface area (Å²) in [6, 6.07) is 9.41. The first kappa shape index (κ1) is 17.8. The second-order valence-electron chi connectivity index (χ2n) is 5.90. The normalized spacial score (nSPS) is 11.5. The molecule has 0 saturated heterocycles. The number of aromatic nitrogens is 4. The quantitative estimate of drug-likeness (QED) is 0.555. The van der Waals surface area contributed by atoms with Gasteiger partial charge in [-0.1, -0.05) is 6.07 Å². The molecule has 0 aliphatic rings. The Morgan fingerprint density at radius 3 is 2.54 bits per heavy atom. The molecule has 1 N–H and O–H groups in total. The monoisotopic (exact) mass is 385 g/mol. The first-order valence-electron chi connectivity index (χ1n) is 8.31. The van der Waals surface area contributed by atoms with Crippen LogP contribution >= 0.6 is 0 Å². The highest BCUT2D eigenvalue weighted by atomic mass is 19.4. The van der Waals surface area contributed by atoms with Crippen LogP contribution < -0.4 is 10.1 Å². The van der Waals surface area contributed by atoms with E-state index in [1.807, 2.05) is 16.5 Å². The number of nitrogens with one attached hydrogen (secondary N) is 1. The van der Waals surface area contributed by atoms with E-state index in [-0.39, 0.29) is 5.75 Å². The maximum atomic E-state index is 12.3. The zero-order chi connectivity index (χ0) is 19.6. The minimum absolute atomic E-state index is 0.277. The van der Waals surface area contributed by atoms with E-state index in [1.54, 1.807) is 43.1 Å². The lowest BCUT2D eigenvalue weighted by Gasteiger charge is -2.12. The van der Waals surface area contributed by atoms with Gasteiger partial charge in [-0.15, -0.1) is 13.2 Å². The molecular formula is C19H14F3N5O. The first-order chi connectivity index (χ1) is 13.5. The Morgan fingerprint density at radius 2 is 1.82 bits per heavy atom. The number of hydrogen-bond donors (Lipinski definition) is 1. The van der Waals surface area contributed by atoms with Gasteiger partial charge in [0, 0.05) is 36.9 Å². The molecule has 4 rings (SSSR count). The molecule has 0 aliphatic carbocycles. The summed E-state index contributed by atoms with van der Waals surface area (Å²) in [4.78, 5) is 12.8. The van der Waals surface area contributed by atoms with Gasteiger partial charge in [-0.25, -0.2) is 9.97 Å². The van der Waals surface area contributed by atoms with Crippen LogP contribution in [-0.4, -0.2) is 25.7 Å². The van der Waals surface area contributed by atoms with Gasteiger partial charge in [0.15, 0.2) is 11.5 Å². The van der Waals surface area contributed by atoms with E-state index in [0.717, 1.165) is 5.56 Å². The fraction of sp³-hybridized carbons (Fsp3) is 0.105. The number of imidazole rings is 1. The third-order valence-electron chi connectivity index (χ3n) is 3.99. The summed E-state index contributed by atoms with van der Waals surface area (Å²) in [5.74, 6) is 0.315. The lowest BCUT2D eigenvalue weighted by atomic mass is 10.1. The molecule has 0 spiro atoms. The Balaban J connectivity index is 1.60. The van der Waals surface area contributed by atoms with Crippen molar-refractivity contribution in [3.8, 4) is 17.0 Å². The molecule has 4 aromatic rings. The molecule has 0 bridgehead atoms. The molecule has 0 fully saturated rings. The number of pyridine rings is 1. The topological polar surface area (TPSA) is 64.3 Å². The molecule has 0 atom stereocenters. The van der Waals surface area contributed by atoms with Crippen LogP contribution in [0.3, 0.4) is 0 Å². The van der Waals surface area contributed by atoms with Crippen LogP contribution in [0.25, 0.3) is 16.9 Å². The third-order valence-corrected chi connectivity index (χ3v) is 3.99. The summed E-state index contributed by atoms with van der Waals surface area (Å²) in [6.45, 7) is 0.534. The molecule has 0 unspecified atom stereocenters. The van der Waals surface area contributed by atoms with Crippen molar-refractivity contribution in [2.75, 3.05) is 5.32 Å². The predicted octanol–water partition coefficient (Wildman–Crippen LogP) is 4.30. The van der Waals surface area contributed by atoms with Gasteiger partial charge in [-0.05, 0) is 35.9 Å². The van der Waals surface area contributed by atoms with Gasteiger partial charge in [0.2, 0.25) is 0 Å². The van der Waals surface area contributed by atoms with E-state index in [4.69, 9.17) is 0 Å². The minimum atomic E-state index is -4.72. The molecule has 1 aromatic carbocycles. The fourth-order valence-corrected chi connectivity index (χ4v) is 2.77. The molecule has 6 nitrogen and oxygen atoms in total. The number of ether oxygens (including phenoxy) is 1. The van der Waals surface area contributed by atoms with Crippen molar-refractivity contribution in [2.24, 2.45) is 0 Å². The van der Waals surface area contributed by atoms with Gasteiger partial charge in [0.05, 0.1) is 11.9 Å². The molecule has 9 heteroatoms. The molecule has 0 radical (unpaired) electrons. The molecule has 0 saturated carbocycles. The summed E-state index contributed by atoms with van der Waals surface area (Å²) in [5.41, 5.74) is 2.98. The Morgan fingerprint density at radius 1 is 1.00 bits per heavy atom. The Kier molecular flexibility index (Phi) is 4.56. The average molecular weight is 385 g/mol.